The molecule has 0 heterocycles. The number of hydrogen-bond donors (Lipinski definition) is 0. The predicted molar refractivity (Wildman–Crippen MR) is 63.2 cm³/mol. The topological polar surface area (TPSA) is 20.3 Å². The second-order valence-corrected chi connectivity index (χ2v) is 4.05. The van der Waals surface area contributed by atoms with Gasteiger partial charge in [0.25, 0.3) is 0 Å². The highest BCUT2D eigenvalue weighted by atomic mass is 35.5. The summed E-state index contributed by atoms with van der Waals surface area (Å²) in [7, 11) is 3.63. The molecule has 0 aliphatic heterocycles. The first-order chi connectivity index (χ1) is 7.43. The fourth-order valence-corrected chi connectivity index (χ4v) is 1.27. The summed E-state index contributed by atoms with van der Waals surface area (Å²) in [5, 5.41) is -0.0400. The largest absolute Gasteiger partial charge is 0.381 e. The zero-order chi connectivity index (χ0) is 12.3. The van der Waals surface area contributed by atoms with E-state index in [0.29, 0.717) is 0 Å². The Kier molecular flexibility index (Phi) is 4.07. The average Bonchev–Trinajstić information content (AvgIpc) is 2.21. The van der Waals surface area contributed by atoms with Crippen molar-refractivity contribution in [2.75, 3.05) is 14.1 Å². The monoisotopic (exact) mass is 241 g/mol. The van der Waals surface area contributed by atoms with Gasteiger partial charge in [0.1, 0.15) is 0 Å². The summed E-state index contributed by atoms with van der Waals surface area (Å²) < 4.78 is 13.5. The first-order valence-corrected chi connectivity index (χ1v) is 5.15. The maximum atomic E-state index is 13.5. The third-order valence-electron chi connectivity index (χ3n) is 2.26. The summed E-state index contributed by atoms with van der Waals surface area (Å²) in [6.45, 7) is 1.78. The summed E-state index contributed by atoms with van der Waals surface area (Å²) >= 11 is 5.60. The molecule has 0 N–H and O–H groups in total. The summed E-state index contributed by atoms with van der Waals surface area (Å²) in [5.41, 5.74) is 0.748. The van der Waals surface area contributed by atoms with Crippen molar-refractivity contribution in [3.8, 4) is 0 Å². The van der Waals surface area contributed by atoms with Gasteiger partial charge in [-0.15, -0.1) is 0 Å². The van der Waals surface area contributed by atoms with Crippen LogP contribution in [0.25, 0.3) is 0 Å². The number of carbonyl (C=O) groups is 1. The van der Waals surface area contributed by atoms with Crippen LogP contribution in [0.2, 0.25) is 5.02 Å². The van der Waals surface area contributed by atoms with Gasteiger partial charge >= 0.3 is 0 Å². The van der Waals surface area contributed by atoms with Crippen molar-refractivity contribution >= 4 is 17.4 Å². The molecule has 1 aromatic carbocycles. The standard InChI is InChI=1S/C12H13ClFNO/c1-8(15(2)3)7-11(16)9-5-4-6-10(13)12(9)14/h4-7H,1-3H3. The molecule has 1 rings (SSSR count). The Balaban J connectivity index is 3.07. The molecule has 0 radical (unpaired) electrons. The lowest BCUT2D eigenvalue weighted by molar-refractivity contribution is 0.104. The minimum atomic E-state index is -0.669. The molecule has 2 nitrogen and oxygen atoms in total. The van der Waals surface area contributed by atoms with E-state index in [2.05, 4.69) is 0 Å². The molecule has 0 saturated heterocycles. The lowest BCUT2D eigenvalue weighted by Gasteiger charge is -2.12. The van der Waals surface area contributed by atoms with Gasteiger partial charge in [-0.05, 0) is 19.1 Å². The van der Waals surface area contributed by atoms with Gasteiger partial charge in [-0.3, -0.25) is 4.79 Å². The highest BCUT2D eigenvalue weighted by molar-refractivity contribution is 6.31. The zero-order valence-electron chi connectivity index (χ0n) is 9.42. The smallest absolute Gasteiger partial charge is 0.190 e. The van der Waals surface area contributed by atoms with Crippen LogP contribution in [0.1, 0.15) is 17.3 Å². The first-order valence-electron chi connectivity index (χ1n) is 4.77. The van der Waals surface area contributed by atoms with Gasteiger partial charge in [-0.1, -0.05) is 17.7 Å². The van der Waals surface area contributed by atoms with E-state index in [1.54, 1.807) is 17.9 Å². The Morgan fingerprint density at radius 1 is 1.44 bits per heavy atom. The van der Waals surface area contributed by atoms with E-state index in [4.69, 9.17) is 11.6 Å². The molecule has 0 aliphatic carbocycles. The maximum Gasteiger partial charge on any atom is 0.190 e. The van der Waals surface area contributed by atoms with Crippen molar-refractivity contribution in [1.82, 2.24) is 4.90 Å². The van der Waals surface area contributed by atoms with Crippen LogP contribution in [0.15, 0.2) is 30.0 Å². The van der Waals surface area contributed by atoms with Gasteiger partial charge in [0, 0.05) is 25.9 Å². The van der Waals surface area contributed by atoms with Crippen molar-refractivity contribution in [2.24, 2.45) is 0 Å². The average molecular weight is 242 g/mol. The van der Waals surface area contributed by atoms with Crippen LogP contribution in [-0.2, 0) is 0 Å². The molecule has 0 fully saturated rings. The SMILES string of the molecule is CC(=CC(=O)c1cccc(Cl)c1F)N(C)C. The minimum Gasteiger partial charge on any atom is -0.381 e. The summed E-state index contributed by atoms with van der Waals surface area (Å²) in [5.74, 6) is -1.05. The Bertz CT molecular complexity index is 441. The predicted octanol–water partition coefficient (Wildman–Crippen LogP) is 3.13. The van der Waals surface area contributed by atoms with Gasteiger partial charge in [0.15, 0.2) is 11.6 Å². The Morgan fingerprint density at radius 3 is 2.62 bits per heavy atom. The van der Waals surface area contributed by atoms with Crippen molar-refractivity contribution < 1.29 is 9.18 Å². The molecule has 0 aromatic heterocycles. The number of hydrogen-bond acceptors (Lipinski definition) is 2. The van der Waals surface area contributed by atoms with Crippen LogP contribution in [0.4, 0.5) is 4.39 Å². The van der Waals surface area contributed by atoms with Crippen LogP contribution in [0, 0.1) is 5.82 Å². The molecule has 0 amide bonds. The maximum absolute atomic E-state index is 13.5. The molecule has 0 spiro atoms. The molecule has 0 atom stereocenters. The summed E-state index contributed by atoms with van der Waals surface area (Å²) in [6, 6.07) is 4.39. The summed E-state index contributed by atoms with van der Waals surface area (Å²) in [6.07, 6.45) is 1.38. The van der Waals surface area contributed by atoms with Crippen molar-refractivity contribution in [3.05, 3.63) is 46.4 Å². The van der Waals surface area contributed by atoms with Crippen LogP contribution in [0.5, 0.6) is 0 Å². The highest BCUT2D eigenvalue weighted by Gasteiger charge is 2.12. The number of ketones is 1. The molecule has 0 aliphatic rings. The molecule has 0 unspecified atom stereocenters. The lowest BCUT2D eigenvalue weighted by Crippen LogP contribution is -2.10. The van der Waals surface area contributed by atoms with Gasteiger partial charge in [0.2, 0.25) is 0 Å². The van der Waals surface area contributed by atoms with E-state index in [1.807, 2.05) is 14.1 Å². The van der Waals surface area contributed by atoms with Crippen molar-refractivity contribution in [1.29, 1.82) is 0 Å². The Hall–Kier alpha value is -1.35. The quantitative estimate of drug-likeness (QED) is 0.599. The molecule has 1 aromatic rings. The number of carbonyl (C=O) groups excluding carboxylic acids is 1. The van der Waals surface area contributed by atoms with E-state index in [-0.39, 0.29) is 16.4 Å². The van der Waals surface area contributed by atoms with Crippen molar-refractivity contribution in [2.45, 2.75) is 6.92 Å². The normalized spacial score (nSPS) is 11.4. The fourth-order valence-electron chi connectivity index (χ4n) is 1.09. The molecule has 86 valence electrons. The molecular weight excluding hydrogens is 229 g/mol. The van der Waals surface area contributed by atoms with Gasteiger partial charge in [0.05, 0.1) is 10.6 Å². The second-order valence-electron chi connectivity index (χ2n) is 3.65. The molecule has 0 bridgehead atoms. The fraction of sp³-hybridized carbons (Fsp3) is 0.250. The first kappa shape index (κ1) is 12.7. The zero-order valence-corrected chi connectivity index (χ0v) is 10.2. The number of halogens is 2. The van der Waals surface area contributed by atoms with Crippen LogP contribution < -0.4 is 0 Å². The Morgan fingerprint density at radius 2 is 2.06 bits per heavy atom. The van der Waals surface area contributed by atoms with E-state index < -0.39 is 5.82 Å². The van der Waals surface area contributed by atoms with E-state index in [0.717, 1.165) is 5.70 Å². The van der Waals surface area contributed by atoms with E-state index in [1.165, 1.54) is 18.2 Å². The second kappa shape index (κ2) is 5.12. The third kappa shape index (κ3) is 2.83. The van der Waals surface area contributed by atoms with Crippen LogP contribution >= 0.6 is 11.6 Å². The van der Waals surface area contributed by atoms with E-state index in [9.17, 15) is 9.18 Å². The highest BCUT2D eigenvalue weighted by Crippen LogP contribution is 2.19. The third-order valence-corrected chi connectivity index (χ3v) is 2.55. The van der Waals surface area contributed by atoms with Gasteiger partial charge in [-0.25, -0.2) is 4.39 Å². The van der Waals surface area contributed by atoms with Gasteiger partial charge in [-0.2, -0.15) is 0 Å². The number of benzene rings is 1. The Labute approximate surface area is 99.3 Å². The molecule has 16 heavy (non-hydrogen) atoms. The number of rotatable bonds is 3. The minimum absolute atomic E-state index is 0.00583. The van der Waals surface area contributed by atoms with Crippen molar-refractivity contribution in [3.63, 3.8) is 0 Å². The van der Waals surface area contributed by atoms with E-state index >= 15 is 0 Å². The molecule has 4 heteroatoms. The number of allylic oxidation sites excluding steroid dienone is 2. The molecule has 0 saturated carbocycles. The van der Waals surface area contributed by atoms with Crippen LogP contribution in [0.3, 0.4) is 0 Å². The molecular formula is C12H13ClFNO. The number of nitrogens with zero attached hydrogens (tertiary/aromatic N) is 1. The lowest BCUT2D eigenvalue weighted by atomic mass is 10.1. The summed E-state index contributed by atoms with van der Waals surface area (Å²) in [4.78, 5) is 13.5. The van der Waals surface area contributed by atoms with Gasteiger partial charge < -0.3 is 4.90 Å². The van der Waals surface area contributed by atoms with Crippen LogP contribution in [-0.4, -0.2) is 24.8 Å².